The van der Waals surface area contributed by atoms with E-state index in [-0.39, 0.29) is 12.5 Å². The van der Waals surface area contributed by atoms with Gasteiger partial charge in [0.1, 0.15) is 0 Å². The second-order valence-corrected chi connectivity index (χ2v) is 7.27. The van der Waals surface area contributed by atoms with Gasteiger partial charge in [0.2, 0.25) is 9.05 Å². The molecule has 1 aliphatic heterocycles. The van der Waals surface area contributed by atoms with Gasteiger partial charge in [0.05, 0.1) is 5.25 Å². The van der Waals surface area contributed by atoms with Crippen LogP contribution in [-0.2, 0) is 9.05 Å². The average Bonchev–Trinajstić information content (AvgIpc) is 2.38. The van der Waals surface area contributed by atoms with Crippen LogP contribution in [0.5, 0.6) is 0 Å². The number of carbonyl (C=O) groups excluding carboxylic acids is 1. The molecule has 1 heterocycles. The molecule has 0 unspecified atom stereocenters. The lowest BCUT2D eigenvalue weighted by Crippen LogP contribution is -2.44. The Morgan fingerprint density at radius 1 is 1.28 bits per heavy atom. The van der Waals surface area contributed by atoms with Crippen molar-refractivity contribution in [3.8, 4) is 0 Å². The highest BCUT2D eigenvalue weighted by Gasteiger charge is 2.31. The van der Waals surface area contributed by atoms with E-state index in [2.05, 4.69) is 0 Å². The van der Waals surface area contributed by atoms with Crippen molar-refractivity contribution in [3.63, 3.8) is 0 Å². The summed E-state index contributed by atoms with van der Waals surface area (Å²) in [6.45, 7) is 0.760. The minimum absolute atomic E-state index is 0.138. The van der Waals surface area contributed by atoms with Crippen LogP contribution in [-0.4, -0.2) is 37.6 Å². The zero-order chi connectivity index (χ0) is 13.2. The Hall–Kier alpha value is -1.07. The van der Waals surface area contributed by atoms with Gasteiger partial charge in [-0.3, -0.25) is 4.79 Å². The van der Waals surface area contributed by atoms with Crippen molar-refractivity contribution in [2.75, 3.05) is 13.1 Å². The zero-order valence-electron chi connectivity index (χ0n) is 9.75. The zero-order valence-corrected chi connectivity index (χ0v) is 11.3. The standard InChI is InChI=1S/C12H14ClNO3S/c13-18(16,17)11-7-4-8-14(9-11)12(15)10-5-2-1-3-6-10/h1-3,5-6,11H,4,7-9H2/t11-/m1/s1. The number of carbonyl (C=O) groups is 1. The van der Waals surface area contributed by atoms with E-state index in [1.807, 2.05) is 6.07 Å². The van der Waals surface area contributed by atoms with Crippen molar-refractivity contribution in [2.24, 2.45) is 0 Å². The highest BCUT2D eigenvalue weighted by molar-refractivity contribution is 8.14. The third-order valence-corrected chi connectivity index (χ3v) is 5.02. The van der Waals surface area contributed by atoms with Gasteiger partial charge in [-0.05, 0) is 25.0 Å². The molecule has 18 heavy (non-hydrogen) atoms. The van der Waals surface area contributed by atoms with Crippen molar-refractivity contribution in [2.45, 2.75) is 18.1 Å². The highest BCUT2D eigenvalue weighted by Crippen LogP contribution is 2.21. The Morgan fingerprint density at radius 2 is 1.94 bits per heavy atom. The van der Waals surface area contributed by atoms with Gasteiger partial charge in [-0.2, -0.15) is 0 Å². The van der Waals surface area contributed by atoms with Gasteiger partial charge in [-0.15, -0.1) is 0 Å². The quantitative estimate of drug-likeness (QED) is 0.780. The van der Waals surface area contributed by atoms with E-state index in [0.717, 1.165) is 0 Å². The summed E-state index contributed by atoms with van der Waals surface area (Å²) in [6, 6.07) is 8.85. The third kappa shape index (κ3) is 3.03. The lowest BCUT2D eigenvalue weighted by molar-refractivity contribution is 0.0727. The van der Waals surface area contributed by atoms with Gasteiger partial charge in [-0.1, -0.05) is 18.2 Å². The van der Waals surface area contributed by atoms with Gasteiger partial charge >= 0.3 is 0 Å². The summed E-state index contributed by atoms with van der Waals surface area (Å²) < 4.78 is 22.6. The summed E-state index contributed by atoms with van der Waals surface area (Å²) in [7, 11) is 1.77. The molecule has 1 atom stereocenters. The molecule has 0 bridgehead atoms. The van der Waals surface area contributed by atoms with Gasteiger partial charge < -0.3 is 4.90 Å². The van der Waals surface area contributed by atoms with Crippen molar-refractivity contribution < 1.29 is 13.2 Å². The molecule has 1 aromatic carbocycles. The fraction of sp³-hybridized carbons (Fsp3) is 0.417. The van der Waals surface area contributed by atoms with Crippen LogP contribution < -0.4 is 0 Å². The molecule has 6 heteroatoms. The first kappa shape index (κ1) is 13.4. The summed E-state index contributed by atoms with van der Waals surface area (Å²) in [5.74, 6) is -0.138. The largest absolute Gasteiger partial charge is 0.337 e. The molecule has 0 radical (unpaired) electrons. The van der Waals surface area contributed by atoms with Crippen LogP contribution in [0, 0.1) is 0 Å². The Balaban J connectivity index is 2.13. The van der Waals surface area contributed by atoms with E-state index < -0.39 is 14.3 Å². The maximum Gasteiger partial charge on any atom is 0.253 e. The number of likely N-dealkylation sites (tertiary alicyclic amines) is 1. The van der Waals surface area contributed by atoms with Crippen molar-refractivity contribution in [3.05, 3.63) is 35.9 Å². The average molecular weight is 288 g/mol. The topological polar surface area (TPSA) is 54.5 Å². The predicted molar refractivity (Wildman–Crippen MR) is 70.1 cm³/mol. The van der Waals surface area contributed by atoms with Gasteiger partial charge in [0.25, 0.3) is 5.91 Å². The van der Waals surface area contributed by atoms with Gasteiger partial charge in [0, 0.05) is 29.3 Å². The second-order valence-electron chi connectivity index (χ2n) is 4.36. The Bertz CT molecular complexity index is 530. The molecule has 1 fully saturated rings. The van der Waals surface area contributed by atoms with Crippen LogP contribution in [0.2, 0.25) is 0 Å². The summed E-state index contributed by atoms with van der Waals surface area (Å²) in [5.41, 5.74) is 0.574. The number of benzene rings is 1. The number of hydrogen-bond acceptors (Lipinski definition) is 3. The fourth-order valence-electron chi connectivity index (χ4n) is 2.12. The van der Waals surface area contributed by atoms with E-state index >= 15 is 0 Å². The van der Waals surface area contributed by atoms with E-state index in [1.54, 1.807) is 29.2 Å². The van der Waals surface area contributed by atoms with E-state index in [0.29, 0.717) is 24.9 Å². The SMILES string of the molecule is O=C(c1ccccc1)N1CCC[C@@H](S(=O)(=O)Cl)C1. The molecule has 4 nitrogen and oxygen atoms in total. The minimum Gasteiger partial charge on any atom is -0.337 e. The van der Waals surface area contributed by atoms with Gasteiger partial charge in [0.15, 0.2) is 0 Å². The molecule has 0 saturated carbocycles. The number of piperidine rings is 1. The summed E-state index contributed by atoms with van der Waals surface area (Å²) in [4.78, 5) is 13.7. The minimum atomic E-state index is -3.60. The van der Waals surface area contributed by atoms with Crippen LogP contribution in [0.4, 0.5) is 0 Å². The number of nitrogens with zero attached hydrogens (tertiary/aromatic N) is 1. The molecule has 1 amide bonds. The number of amides is 1. The first-order valence-electron chi connectivity index (χ1n) is 5.76. The van der Waals surface area contributed by atoms with Crippen molar-refractivity contribution in [1.82, 2.24) is 4.90 Å². The van der Waals surface area contributed by atoms with Crippen LogP contribution in [0.1, 0.15) is 23.2 Å². The lowest BCUT2D eigenvalue weighted by Gasteiger charge is -2.31. The van der Waals surface area contributed by atoms with E-state index in [4.69, 9.17) is 10.7 Å². The van der Waals surface area contributed by atoms with Crippen molar-refractivity contribution >= 4 is 25.6 Å². The fourth-order valence-corrected chi connectivity index (χ4v) is 3.36. The summed E-state index contributed by atoms with van der Waals surface area (Å²) in [5, 5.41) is -0.652. The smallest absolute Gasteiger partial charge is 0.253 e. The molecule has 0 spiro atoms. The van der Waals surface area contributed by atoms with Crippen LogP contribution in [0.3, 0.4) is 0 Å². The first-order valence-corrected chi connectivity index (χ1v) is 8.13. The molecule has 2 rings (SSSR count). The molecule has 98 valence electrons. The van der Waals surface area contributed by atoms with Gasteiger partial charge in [-0.25, -0.2) is 8.42 Å². The molecular weight excluding hydrogens is 274 g/mol. The van der Waals surface area contributed by atoms with E-state index in [1.165, 1.54) is 0 Å². The van der Waals surface area contributed by atoms with Crippen LogP contribution in [0.15, 0.2) is 30.3 Å². The summed E-state index contributed by atoms with van der Waals surface area (Å²) >= 11 is 0. The maximum absolute atomic E-state index is 12.2. The summed E-state index contributed by atoms with van der Waals surface area (Å²) in [6.07, 6.45) is 1.18. The monoisotopic (exact) mass is 287 g/mol. The molecule has 0 aromatic heterocycles. The Labute approximate surface area is 111 Å². The normalized spacial score (nSPS) is 20.7. The third-order valence-electron chi connectivity index (χ3n) is 3.08. The molecule has 0 aliphatic carbocycles. The van der Waals surface area contributed by atoms with Crippen LogP contribution in [0.25, 0.3) is 0 Å². The number of halogens is 1. The lowest BCUT2D eigenvalue weighted by atomic mass is 10.1. The predicted octanol–water partition coefficient (Wildman–Crippen LogP) is 1.86. The molecular formula is C12H14ClNO3S. The molecule has 1 saturated heterocycles. The Kier molecular flexibility index (Phi) is 3.92. The van der Waals surface area contributed by atoms with Crippen molar-refractivity contribution in [1.29, 1.82) is 0 Å². The second kappa shape index (κ2) is 5.28. The first-order chi connectivity index (χ1) is 8.48. The van der Waals surface area contributed by atoms with Crippen LogP contribution >= 0.6 is 10.7 Å². The molecule has 1 aromatic rings. The number of hydrogen-bond donors (Lipinski definition) is 0. The Morgan fingerprint density at radius 3 is 2.56 bits per heavy atom. The molecule has 1 aliphatic rings. The maximum atomic E-state index is 12.2. The highest BCUT2D eigenvalue weighted by atomic mass is 35.7. The van der Waals surface area contributed by atoms with E-state index in [9.17, 15) is 13.2 Å². The molecule has 0 N–H and O–H groups in total. The number of rotatable bonds is 2.